The van der Waals surface area contributed by atoms with Gasteiger partial charge in [0.1, 0.15) is 16.4 Å². The van der Waals surface area contributed by atoms with Crippen LogP contribution in [0.25, 0.3) is 22.0 Å². The smallest absolute Gasteiger partial charge is 0.197 e. The number of hydrogen-bond acceptors (Lipinski definition) is 9. The molecule has 0 atom stereocenters. The van der Waals surface area contributed by atoms with E-state index in [1.807, 2.05) is 23.2 Å². The number of thiazole rings is 2. The lowest BCUT2D eigenvalue weighted by Gasteiger charge is -2.13. The van der Waals surface area contributed by atoms with E-state index in [1.54, 1.807) is 29.8 Å². The van der Waals surface area contributed by atoms with Crippen molar-refractivity contribution in [2.45, 2.75) is 13.0 Å². The number of aromatic nitrogens is 3. The second kappa shape index (κ2) is 7.90. The number of pyridine rings is 1. The largest absolute Gasteiger partial charge is 0.380 e. The van der Waals surface area contributed by atoms with Crippen LogP contribution in [0, 0.1) is 0 Å². The van der Waals surface area contributed by atoms with Crippen LogP contribution < -0.4 is 10.6 Å². The molecule has 7 nitrogen and oxygen atoms in total. The van der Waals surface area contributed by atoms with Gasteiger partial charge in [-0.3, -0.25) is 9.98 Å². The van der Waals surface area contributed by atoms with Crippen molar-refractivity contribution >= 4 is 33.8 Å². The minimum Gasteiger partial charge on any atom is -0.380 e. The third-order valence-corrected chi connectivity index (χ3v) is 5.40. The van der Waals surface area contributed by atoms with Crippen molar-refractivity contribution in [1.29, 1.82) is 0 Å². The maximum Gasteiger partial charge on any atom is 0.197 e. The van der Waals surface area contributed by atoms with Gasteiger partial charge in [-0.25, -0.2) is 9.97 Å². The van der Waals surface area contributed by atoms with E-state index < -0.39 is 0 Å². The number of hydrogen-bond donors (Lipinski definition) is 2. The van der Waals surface area contributed by atoms with Gasteiger partial charge < -0.3 is 15.4 Å². The van der Waals surface area contributed by atoms with Crippen LogP contribution in [0.1, 0.15) is 12.0 Å². The SMILES string of the molecule is COCc1cncc(-c2nc(-c3csc(NC4=NCCCN4)n3)cs2)c1. The lowest BCUT2D eigenvalue weighted by Crippen LogP contribution is -2.35. The molecule has 26 heavy (non-hydrogen) atoms. The Balaban J connectivity index is 1.51. The van der Waals surface area contributed by atoms with E-state index in [-0.39, 0.29) is 0 Å². The second-order valence-electron chi connectivity index (χ2n) is 5.73. The van der Waals surface area contributed by atoms with Crippen LogP contribution in [0.5, 0.6) is 0 Å². The number of ether oxygens (including phenoxy) is 1. The molecule has 0 saturated carbocycles. The molecule has 0 radical (unpaired) electrons. The van der Waals surface area contributed by atoms with Crippen molar-refractivity contribution in [1.82, 2.24) is 20.3 Å². The molecule has 2 N–H and O–H groups in total. The summed E-state index contributed by atoms with van der Waals surface area (Å²) in [4.78, 5) is 18.0. The first-order valence-electron chi connectivity index (χ1n) is 8.22. The Morgan fingerprint density at radius 1 is 1.19 bits per heavy atom. The van der Waals surface area contributed by atoms with E-state index in [1.165, 1.54) is 0 Å². The fraction of sp³-hybridized carbons (Fsp3) is 0.294. The van der Waals surface area contributed by atoms with E-state index in [0.717, 1.165) is 58.1 Å². The van der Waals surface area contributed by atoms with Crippen LogP contribution in [-0.2, 0) is 11.3 Å². The van der Waals surface area contributed by atoms with Gasteiger partial charge in [0.25, 0.3) is 0 Å². The summed E-state index contributed by atoms with van der Waals surface area (Å²) in [6.45, 7) is 2.33. The molecule has 0 aromatic carbocycles. The molecule has 0 amide bonds. The summed E-state index contributed by atoms with van der Waals surface area (Å²) in [6, 6.07) is 2.06. The summed E-state index contributed by atoms with van der Waals surface area (Å²) < 4.78 is 5.17. The molecule has 0 saturated heterocycles. The molecule has 4 rings (SSSR count). The second-order valence-corrected chi connectivity index (χ2v) is 7.44. The van der Waals surface area contributed by atoms with Gasteiger partial charge in [0.2, 0.25) is 0 Å². The Morgan fingerprint density at radius 2 is 2.08 bits per heavy atom. The average Bonchev–Trinajstić information content (AvgIpc) is 3.33. The normalized spacial score (nSPS) is 14.0. The Hall–Kier alpha value is -2.36. The van der Waals surface area contributed by atoms with Gasteiger partial charge in [-0.2, -0.15) is 0 Å². The van der Waals surface area contributed by atoms with Gasteiger partial charge in [-0.15, -0.1) is 22.7 Å². The van der Waals surface area contributed by atoms with Gasteiger partial charge in [0.15, 0.2) is 11.1 Å². The fourth-order valence-electron chi connectivity index (χ4n) is 2.54. The summed E-state index contributed by atoms with van der Waals surface area (Å²) in [5, 5.41) is 12.2. The van der Waals surface area contributed by atoms with Gasteiger partial charge in [0.05, 0.1) is 6.61 Å². The Kier molecular flexibility index (Phi) is 5.19. The Morgan fingerprint density at radius 3 is 2.92 bits per heavy atom. The minimum absolute atomic E-state index is 0.540. The minimum atomic E-state index is 0.540. The molecular formula is C17H18N6OS2. The molecule has 0 aliphatic carbocycles. The summed E-state index contributed by atoms with van der Waals surface area (Å²) in [5.41, 5.74) is 3.75. The molecule has 0 bridgehead atoms. The van der Waals surface area contributed by atoms with Gasteiger partial charge in [-0.05, 0) is 18.1 Å². The predicted molar refractivity (Wildman–Crippen MR) is 106 cm³/mol. The average molecular weight is 387 g/mol. The lowest BCUT2D eigenvalue weighted by molar-refractivity contribution is 0.184. The van der Waals surface area contributed by atoms with E-state index in [0.29, 0.717) is 6.61 Å². The first-order chi connectivity index (χ1) is 12.8. The van der Waals surface area contributed by atoms with Crippen LogP contribution in [0.3, 0.4) is 0 Å². The van der Waals surface area contributed by atoms with Crippen LogP contribution in [-0.4, -0.2) is 41.1 Å². The van der Waals surface area contributed by atoms with E-state index in [4.69, 9.17) is 9.72 Å². The number of aliphatic imine (C=N–C) groups is 1. The van der Waals surface area contributed by atoms with Gasteiger partial charge in [0, 0.05) is 48.9 Å². The number of methoxy groups -OCH3 is 1. The van der Waals surface area contributed by atoms with Crippen LogP contribution >= 0.6 is 22.7 Å². The molecule has 3 aromatic rings. The van der Waals surface area contributed by atoms with Crippen LogP contribution in [0.15, 0.2) is 34.2 Å². The van der Waals surface area contributed by atoms with Crippen LogP contribution in [0.4, 0.5) is 5.13 Å². The molecular weight excluding hydrogens is 368 g/mol. The molecule has 0 fully saturated rings. The number of guanidine groups is 1. The molecule has 134 valence electrons. The molecule has 9 heteroatoms. The summed E-state index contributed by atoms with van der Waals surface area (Å²) in [5.74, 6) is 0.789. The third kappa shape index (κ3) is 3.90. The lowest BCUT2D eigenvalue weighted by atomic mass is 10.2. The standard InChI is InChI=1S/C17H18N6OS2/c1-24-8-11-5-12(7-18-6-11)15-21-13(9-25-15)14-10-26-17(22-14)23-16-19-3-2-4-20-16/h5-7,9-10H,2-4,8H2,1H3,(H2,19,20,22,23). The van der Waals surface area contributed by atoms with Crippen molar-refractivity contribution in [3.05, 3.63) is 34.8 Å². The predicted octanol–water partition coefficient (Wildman–Crippen LogP) is 3.24. The number of nitrogens with zero attached hydrogens (tertiary/aromatic N) is 4. The van der Waals surface area contributed by atoms with Crippen LogP contribution in [0.2, 0.25) is 0 Å². The molecule has 4 heterocycles. The number of rotatable bonds is 5. The van der Waals surface area contributed by atoms with Crippen molar-refractivity contribution in [2.24, 2.45) is 4.99 Å². The Bertz CT molecular complexity index is 919. The molecule has 3 aromatic heterocycles. The first kappa shape index (κ1) is 17.1. The van der Waals surface area contributed by atoms with Gasteiger partial charge >= 0.3 is 0 Å². The molecule has 1 aliphatic rings. The maximum absolute atomic E-state index is 5.17. The topological polar surface area (TPSA) is 84.3 Å². The van der Waals surface area contributed by atoms with E-state index in [2.05, 4.69) is 31.7 Å². The van der Waals surface area contributed by atoms with Crippen molar-refractivity contribution in [3.8, 4) is 22.0 Å². The molecule has 0 unspecified atom stereocenters. The zero-order valence-electron chi connectivity index (χ0n) is 14.2. The zero-order chi connectivity index (χ0) is 17.8. The quantitative estimate of drug-likeness (QED) is 0.700. The first-order valence-corrected chi connectivity index (χ1v) is 9.98. The van der Waals surface area contributed by atoms with E-state index in [9.17, 15) is 0 Å². The zero-order valence-corrected chi connectivity index (χ0v) is 15.9. The highest BCUT2D eigenvalue weighted by molar-refractivity contribution is 7.14. The Labute approximate surface area is 159 Å². The summed E-state index contributed by atoms with van der Waals surface area (Å²) in [7, 11) is 1.68. The highest BCUT2D eigenvalue weighted by Crippen LogP contribution is 2.30. The van der Waals surface area contributed by atoms with Gasteiger partial charge in [-0.1, -0.05) is 0 Å². The van der Waals surface area contributed by atoms with Crippen molar-refractivity contribution in [3.63, 3.8) is 0 Å². The molecule has 1 aliphatic heterocycles. The van der Waals surface area contributed by atoms with E-state index >= 15 is 0 Å². The van der Waals surface area contributed by atoms with Crippen molar-refractivity contribution in [2.75, 3.05) is 25.5 Å². The number of anilines is 1. The highest BCUT2D eigenvalue weighted by atomic mass is 32.1. The summed E-state index contributed by atoms with van der Waals surface area (Å²) in [6.07, 6.45) is 4.70. The maximum atomic E-state index is 5.17. The highest BCUT2D eigenvalue weighted by Gasteiger charge is 2.12. The molecule has 0 spiro atoms. The monoisotopic (exact) mass is 386 g/mol. The fourth-order valence-corrected chi connectivity index (χ4v) is 4.04. The summed E-state index contributed by atoms with van der Waals surface area (Å²) >= 11 is 3.13. The van der Waals surface area contributed by atoms with Crippen molar-refractivity contribution < 1.29 is 4.74 Å². The number of nitrogens with one attached hydrogen (secondary N) is 2. The third-order valence-electron chi connectivity index (χ3n) is 3.75.